The molecule has 1 aliphatic carbocycles. The van der Waals surface area contributed by atoms with Crippen molar-refractivity contribution in [3.8, 4) is 0 Å². The summed E-state index contributed by atoms with van der Waals surface area (Å²) in [5.41, 5.74) is 1.17. The molecule has 1 aliphatic rings. The van der Waals surface area contributed by atoms with Crippen molar-refractivity contribution in [3.63, 3.8) is 0 Å². The summed E-state index contributed by atoms with van der Waals surface area (Å²) in [5, 5.41) is 8.21. The molecule has 0 spiro atoms. The molecule has 17 heavy (non-hydrogen) atoms. The zero-order valence-corrected chi connectivity index (χ0v) is 11.3. The van der Waals surface area contributed by atoms with Gasteiger partial charge in [0.15, 0.2) is 0 Å². The molecule has 0 aliphatic heterocycles. The maximum atomic E-state index is 4.61. The van der Waals surface area contributed by atoms with Crippen LogP contribution in [0.15, 0.2) is 12.3 Å². The first-order chi connectivity index (χ1) is 8.24. The summed E-state index contributed by atoms with van der Waals surface area (Å²) in [6.45, 7) is 7.60. The second-order valence-corrected chi connectivity index (χ2v) is 5.32. The fraction of sp³-hybridized carbons (Fsp3) is 0.786. The fourth-order valence-electron chi connectivity index (χ4n) is 2.33. The van der Waals surface area contributed by atoms with Crippen molar-refractivity contribution in [2.75, 3.05) is 0 Å². The fourth-order valence-corrected chi connectivity index (χ4v) is 2.33. The van der Waals surface area contributed by atoms with Crippen LogP contribution in [0.25, 0.3) is 0 Å². The SMILES string of the molecule is CCCC1CC1NCc1ccn(C(C)CC)n1. The van der Waals surface area contributed by atoms with Crippen molar-refractivity contribution in [2.45, 2.75) is 65.1 Å². The summed E-state index contributed by atoms with van der Waals surface area (Å²) in [7, 11) is 0. The molecule has 3 atom stereocenters. The molecular weight excluding hydrogens is 210 g/mol. The Labute approximate surface area is 105 Å². The highest BCUT2D eigenvalue weighted by Gasteiger charge is 2.35. The Balaban J connectivity index is 1.74. The third kappa shape index (κ3) is 3.32. The van der Waals surface area contributed by atoms with Gasteiger partial charge in [0.2, 0.25) is 0 Å². The summed E-state index contributed by atoms with van der Waals surface area (Å²) in [4.78, 5) is 0. The predicted octanol–water partition coefficient (Wildman–Crippen LogP) is 3.13. The lowest BCUT2D eigenvalue weighted by molar-refractivity contribution is 0.470. The van der Waals surface area contributed by atoms with Crippen LogP contribution in [0.3, 0.4) is 0 Å². The largest absolute Gasteiger partial charge is 0.308 e. The molecule has 96 valence electrons. The normalized spacial score (nSPS) is 24.9. The van der Waals surface area contributed by atoms with Gasteiger partial charge in [0.1, 0.15) is 0 Å². The average Bonchev–Trinajstić information content (AvgIpc) is 2.91. The van der Waals surface area contributed by atoms with E-state index in [1.807, 2.05) is 0 Å². The maximum Gasteiger partial charge on any atom is 0.0762 e. The second-order valence-electron chi connectivity index (χ2n) is 5.32. The number of nitrogens with one attached hydrogen (secondary N) is 1. The third-order valence-corrected chi connectivity index (χ3v) is 3.83. The molecule has 3 heteroatoms. The van der Waals surface area contributed by atoms with E-state index in [0.717, 1.165) is 24.9 Å². The molecule has 1 heterocycles. The van der Waals surface area contributed by atoms with Crippen LogP contribution in [0.1, 0.15) is 58.2 Å². The van der Waals surface area contributed by atoms with Gasteiger partial charge in [0.05, 0.1) is 5.69 Å². The molecule has 3 unspecified atom stereocenters. The van der Waals surface area contributed by atoms with Crippen LogP contribution in [0.4, 0.5) is 0 Å². The monoisotopic (exact) mass is 235 g/mol. The molecule has 2 rings (SSSR count). The Morgan fingerprint density at radius 1 is 1.53 bits per heavy atom. The van der Waals surface area contributed by atoms with Gasteiger partial charge >= 0.3 is 0 Å². The lowest BCUT2D eigenvalue weighted by atomic mass is 10.2. The highest BCUT2D eigenvalue weighted by molar-refractivity contribution is 5.02. The van der Waals surface area contributed by atoms with Crippen LogP contribution in [0.5, 0.6) is 0 Å². The number of aromatic nitrogens is 2. The van der Waals surface area contributed by atoms with E-state index < -0.39 is 0 Å². The lowest BCUT2D eigenvalue weighted by Gasteiger charge is -2.08. The maximum absolute atomic E-state index is 4.61. The Bertz CT molecular complexity index is 345. The summed E-state index contributed by atoms with van der Waals surface area (Å²) >= 11 is 0. The molecular formula is C14H25N3. The van der Waals surface area contributed by atoms with E-state index in [1.165, 1.54) is 25.0 Å². The highest BCUT2D eigenvalue weighted by atomic mass is 15.3. The quantitative estimate of drug-likeness (QED) is 0.787. The molecule has 0 amide bonds. The first kappa shape index (κ1) is 12.6. The molecule has 0 radical (unpaired) electrons. The number of hydrogen-bond donors (Lipinski definition) is 1. The van der Waals surface area contributed by atoms with Crippen LogP contribution in [-0.4, -0.2) is 15.8 Å². The Kier molecular flexibility index (Phi) is 4.21. The first-order valence-corrected chi connectivity index (χ1v) is 7.02. The van der Waals surface area contributed by atoms with Crippen LogP contribution in [0, 0.1) is 5.92 Å². The summed E-state index contributed by atoms with van der Waals surface area (Å²) in [6, 6.07) is 3.40. The van der Waals surface area contributed by atoms with Crippen molar-refractivity contribution < 1.29 is 0 Å². The minimum absolute atomic E-state index is 0.512. The van der Waals surface area contributed by atoms with E-state index >= 15 is 0 Å². The molecule has 1 saturated carbocycles. The lowest BCUT2D eigenvalue weighted by Crippen LogP contribution is -2.18. The van der Waals surface area contributed by atoms with Gasteiger partial charge in [-0.1, -0.05) is 20.3 Å². The molecule has 1 fully saturated rings. The smallest absolute Gasteiger partial charge is 0.0762 e. The van der Waals surface area contributed by atoms with Gasteiger partial charge in [0, 0.05) is 24.8 Å². The van der Waals surface area contributed by atoms with Gasteiger partial charge in [-0.05, 0) is 38.2 Å². The second kappa shape index (κ2) is 5.67. The predicted molar refractivity (Wildman–Crippen MR) is 70.9 cm³/mol. The van der Waals surface area contributed by atoms with Crippen LogP contribution in [-0.2, 0) is 6.54 Å². The molecule has 1 aromatic heterocycles. The molecule has 0 aromatic carbocycles. The topological polar surface area (TPSA) is 29.9 Å². The Morgan fingerprint density at radius 3 is 3.06 bits per heavy atom. The highest BCUT2D eigenvalue weighted by Crippen LogP contribution is 2.34. The van der Waals surface area contributed by atoms with E-state index in [9.17, 15) is 0 Å². The van der Waals surface area contributed by atoms with Crippen molar-refractivity contribution in [3.05, 3.63) is 18.0 Å². The molecule has 0 saturated heterocycles. The van der Waals surface area contributed by atoms with Crippen molar-refractivity contribution >= 4 is 0 Å². The molecule has 3 nitrogen and oxygen atoms in total. The van der Waals surface area contributed by atoms with E-state index in [2.05, 4.69) is 48.1 Å². The zero-order valence-electron chi connectivity index (χ0n) is 11.3. The van der Waals surface area contributed by atoms with E-state index in [-0.39, 0.29) is 0 Å². The molecule has 1 aromatic rings. The van der Waals surface area contributed by atoms with E-state index in [1.54, 1.807) is 0 Å². The standard InChI is InChI=1S/C14H25N3/c1-4-6-12-9-14(12)15-10-13-7-8-17(16-13)11(3)5-2/h7-8,11-12,14-15H,4-6,9-10H2,1-3H3. The van der Waals surface area contributed by atoms with Crippen LogP contribution < -0.4 is 5.32 Å². The van der Waals surface area contributed by atoms with Gasteiger partial charge in [-0.3, -0.25) is 4.68 Å². The van der Waals surface area contributed by atoms with Gasteiger partial charge < -0.3 is 5.32 Å². The van der Waals surface area contributed by atoms with Gasteiger partial charge in [-0.2, -0.15) is 5.10 Å². The zero-order chi connectivity index (χ0) is 12.3. The van der Waals surface area contributed by atoms with Gasteiger partial charge in [-0.25, -0.2) is 0 Å². The average molecular weight is 235 g/mol. The summed E-state index contributed by atoms with van der Waals surface area (Å²) < 4.78 is 2.08. The van der Waals surface area contributed by atoms with Gasteiger partial charge in [0.25, 0.3) is 0 Å². The van der Waals surface area contributed by atoms with Crippen molar-refractivity contribution in [2.24, 2.45) is 5.92 Å². The summed E-state index contributed by atoms with van der Waals surface area (Å²) in [6.07, 6.45) is 7.28. The first-order valence-electron chi connectivity index (χ1n) is 7.02. The Hall–Kier alpha value is -0.830. The number of nitrogens with zero attached hydrogens (tertiary/aromatic N) is 2. The number of hydrogen-bond acceptors (Lipinski definition) is 2. The van der Waals surface area contributed by atoms with Crippen LogP contribution >= 0.6 is 0 Å². The van der Waals surface area contributed by atoms with Crippen molar-refractivity contribution in [1.29, 1.82) is 0 Å². The van der Waals surface area contributed by atoms with Gasteiger partial charge in [-0.15, -0.1) is 0 Å². The minimum Gasteiger partial charge on any atom is -0.308 e. The molecule has 1 N–H and O–H groups in total. The molecule has 0 bridgehead atoms. The van der Waals surface area contributed by atoms with Crippen LogP contribution in [0.2, 0.25) is 0 Å². The minimum atomic E-state index is 0.512. The van der Waals surface area contributed by atoms with E-state index in [4.69, 9.17) is 0 Å². The van der Waals surface area contributed by atoms with E-state index in [0.29, 0.717) is 6.04 Å². The Morgan fingerprint density at radius 2 is 2.35 bits per heavy atom. The third-order valence-electron chi connectivity index (χ3n) is 3.83. The summed E-state index contributed by atoms with van der Waals surface area (Å²) in [5.74, 6) is 0.927. The number of rotatable bonds is 7. The van der Waals surface area contributed by atoms with Crippen molar-refractivity contribution in [1.82, 2.24) is 15.1 Å².